The Morgan fingerprint density at radius 1 is 0.810 bits per heavy atom. The van der Waals surface area contributed by atoms with Crippen molar-refractivity contribution in [3.63, 3.8) is 0 Å². The van der Waals surface area contributed by atoms with Gasteiger partial charge in [-0.05, 0) is 31.1 Å². The molecule has 0 unspecified atom stereocenters. The quantitative estimate of drug-likeness (QED) is 0.541. The Morgan fingerprint density at radius 3 is 1.62 bits per heavy atom. The first-order chi connectivity index (χ1) is 10.2. The first-order valence-electron chi connectivity index (χ1n) is 7.20. The van der Waals surface area contributed by atoms with Crippen LogP contribution in [0.5, 0.6) is 0 Å². The van der Waals surface area contributed by atoms with Gasteiger partial charge in [-0.15, -0.1) is 0 Å². The molecule has 2 nitrogen and oxygen atoms in total. The number of hydrogen-bond donors (Lipinski definition) is 0. The Morgan fingerprint density at radius 2 is 1.24 bits per heavy atom. The summed E-state index contributed by atoms with van der Waals surface area (Å²) in [7, 11) is 0. The van der Waals surface area contributed by atoms with Gasteiger partial charge in [0.05, 0.1) is 13.2 Å². The van der Waals surface area contributed by atoms with Gasteiger partial charge in [0, 0.05) is 0 Å². The van der Waals surface area contributed by atoms with Crippen LogP contribution >= 0.6 is 0 Å². The van der Waals surface area contributed by atoms with E-state index in [9.17, 15) is 0 Å². The van der Waals surface area contributed by atoms with E-state index in [1.807, 2.05) is 56.3 Å². The predicted octanol–water partition coefficient (Wildman–Crippen LogP) is 4.71. The summed E-state index contributed by atoms with van der Waals surface area (Å²) in [5.74, 6) is 0. The zero-order valence-electron chi connectivity index (χ0n) is 12.7. The van der Waals surface area contributed by atoms with Gasteiger partial charge in [-0.1, -0.05) is 66.2 Å². The van der Waals surface area contributed by atoms with Gasteiger partial charge < -0.3 is 9.47 Å². The maximum Gasteiger partial charge on any atom is 0.177 e. The number of rotatable bonds is 7. The first kappa shape index (κ1) is 15.5. The van der Waals surface area contributed by atoms with Crippen LogP contribution in [0, 0.1) is 0 Å². The molecule has 0 saturated heterocycles. The first-order valence-corrected chi connectivity index (χ1v) is 7.20. The van der Waals surface area contributed by atoms with E-state index in [1.54, 1.807) is 0 Å². The van der Waals surface area contributed by atoms with Gasteiger partial charge in [0.15, 0.2) is 6.29 Å². The lowest BCUT2D eigenvalue weighted by atomic mass is 10.2. The molecule has 0 fully saturated rings. The molecule has 0 aliphatic rings. The lowest BCUT2D eigenvalue weighted by molar-refractivity contribution is -0.126. The van der Waals surface area contributed by atoms with Crippen LogP contribution in [-0.4, -0.2) is 6.29 Å². The van der Waals surface area contributed by atoms with Crippen molar-refractivity contribution in [1.82, 2.24) is 0 Å². The van der Waals surface area contributed by atoms with E-state index < -0.39 is 0 Å². The molecule has 2 heteroatoms. The fraction of sp³-hybridized carbons (Fsp3) is 0.263. The second kappa shape index (κ2) is 8.40. The lowest BCUT2D eigenvalue weighted by Gasteiger charge is -2.16. The average molecular weight is 282 g/mol. The van der Waals surface area contributed by atoms with Gasteiger partial charge in [0.2, 0.25) is 0 Å². The van der Waals surface area contributed by atoms with Gasteiger partial charge in [0.1, 0.15) is 0 Å². The average Bonchev–Trinajstić information content (AvgIpc) is 2.51. The molecule has 0 amide bonds. The maximum absolute atomic E-state index is 5.86. The topological polar surface area (TPSA) is 18.5 Å². The summed E-state index contributed by atoms with van der Waals surface area (Å²) < 4.78 is 11.7. The van der Waals surface area contributed by atoms with Crippen LogP contribution in [0.4, 0.5) is 0 Å². The molecule has 0 spiro atoms. The smallest absolute Gasteiger partial charge is 0.177 e. The van der Waals surface area contributed by atoms with Gasteiger partial charge in [-0.3, -0.25) is 0 Å². The van der Waals surface area contributed by atoms with Gasteiger partial charge >= 0.3 is 0 Å². The van der Waals surface area contributed by atoms with Crippen LogP contribution in [0.3, 0.4) is 0 Å². The summed E-state index contributed by atoms with van der Waals surface area (Å²) in [4.78, 5) is 0. The highest BCUT2D eigenvalue weighted by molar-refractivity contribution is 5.14. The summed E-state index contributed by atoms with van der Waals surface area (Å²) >= 11 is 0. The molecule has 0 aromatic heterocycles. The zero-order chi connectivity index (χ0) is 14.9. The van der Waals surface area contributed by atoms with Crippen LogP contribution in [0.15, 0.2) is 72.3 Å². The summed E-state index contributed by atoms with van der Waals surface area (Å²) in [6.45, 7) is 5.18. The molecule has 0 saturated carbocycles. The zero-order valence-corrected chi connectivity index (χ0v) is 12.7. The van der Waals surface area contributed by atoms with Crippen LogP contribution < -0.4 is 0 Å². The Kier molecular flexibility index (Phi) is 6.20. The molecule has 0 radical (unpaired) electrons. The van der Waals surface area contributed by atoms with E-state index in [1.165, 1.54) is 5.57 Å². The Hall–Kier alpha value is -1.90. The highest BCUT2D eigenvalue weighted by Gasteiger charge is 2.07. The third kappa shape index (κ3) is 5.94. The molecule has 110 valence electrons. The number of ether oxygens (including phenoxy) is 2. The van der Waals surface area contributed by atoms with Crippen molar-refractivity contribution in [2.45, 2.75) is 33.4 Å². The fourth-order valence-corrected chi connectivity index (χ4v) is 1.92. The van der Waals surface area contributed by atoms with Crippen LogP contribution in [0.25, 0.3) is 0 Å². The molecule has 2 aromatic rings. The minimum atomic E-state index is -0.324. The van der Waals surface area contributed by atoms with Crippen LogP contribution in [0.2, 0.25) is 0 Å². The van der Waals surface area contributed by atoms with E-state index in [2.05, 4.69) is 24.3 Å². The van der Waals surface area contributed by atoms with Crippen LogP contribution in [0.1, 0.15) is 25.0 Å². The summed E-state index contributed by atoms with van der Waals surface area (Å²) in [6, 6.07) is 20.3. The van der Waals surface area contributed by atoms with Crippen molar-refractivity contribution in [1.29, 1.82) is 0 Å². The fourth-order valence-electron chi connectivity index (χ4n) is 1.92. The molecular formula is C19H22O2. The molecule has 0 N–H and O–H groups in total. The summed E-state index contributed by atoms with van der Waals surface area (Å²) in [5, 5.41) is 0. The monoisotopic (exact) mass is 282 g/mol. The van der Waals surface area contributed by atoms with Crippen molar-refractivity contribution >= 4 is 0 Å². The van der Waals surface area contributed by atoms with Gasteiger partial charge in [-0.2, -0.15) is 0 Å². The molecular weight excluding hydrogens is 260 g/mol. The number of benzene rings is 2. The normalized spacial score (nSPS) is 10.6. The predicted molar refractivity (Wildman–Crippen MR) is 85.7 cm³/mol. The molecule has 0 bridgehead atoms. The Bertz CT molecular complexity index is 499. The van der Waals surface area contributed by atoms with Crippen molar-refractivity contribution in [3.8, 4) is 0 Å². The second-order valence-corrected chi connectivity index (χ2v) is 5.21. The SMILES string of the molecule is CC(C)=CC(OCc1ccccc1)OCc1ccccc1. The van der Waals surface area contributed by atoms with Gasteiger partial charge in [-0.25, -0.2) is 0 Å². The highest BCUT2D eigenvalue weighted by atomic mass is 16.7. The molecule has 2 rings (SSSR count). The maximum atomic E-state index is 5.86. The van der Waals surface area contributed by atoms with Crippen molar-refractivity contribution in [2.75, 3.05) is 0 Å². The second-order valence-electron chi connectivity index (χ2n) is 5.21. The van der Waals surface area contributed by atoms with E-state index >= 15 is 0 Å². The Labute approximate surface area is 127 Å². The van der Waals surface area contributed by atoms with E-state index in [4.69, 9.17) is 9.47 Å². The van der Waals surface area contributed by atoms with Crippen molar-refractivity contribution in [3.05, 3.63) is 83.4 Å². The lowest BCUT2D eigenvalue weighted by Crippen LogP contribution is -2.15. The minimum absolute atomic E-state index is 0.324. The van der Waals surface area contributed by atoms with Crippen LogP contribution in [-0.2, 0) is 22.7 Å². The van der Waals surface area contributed by atoms with Crippen molar-refractivity contribution < 1.29 is 9.47 Å². The standard InChI is InChI=1S/C19H22O2/c1-16(2)13-19(20-14-17-9-5-3-6-10-17)21-15-18-11-7-4-8-12-18/h3-13,19H,14-15H2,1-2H3. The number of allylic oxidation sites excluding steroid dienone is 1. The van der Waals surface area contributed by atoms with Crippen molar-refractivity contribution in [2.24, 2.45) is 0 Å². The van der Waals surface area contributed by atoms with E-state index in [-0.39, 0.29) is 6.29 Å². The highest BCUT2D eigenvalue weighted by Crippen LogP contribution is 2.10. The molecule has 0 heterocycles. The molecule has 0 aliphatic carbocycles. The van der Waals surface area contributed by atoms with Gasteiger partial charge in [0.25, 0.3) is 0 Å². The minimum Gasteiger partial charge on any atom is -0.344 e. The third-order valence-electron chi connectivity index (χ3n) is 2.98. The summed E-state index contributed by atoms with van der Waals surface area (Å²) in [5.41, 5.74) is 3.47. The van der Waals surface area contributed by atoms with E-state index in [0.29, 0.717) is 13.2 Å². The molecule has 21 heavy (non-hydrogen) atoms. The third-order valence-corrected chi connectivity index (χ3v) is 2.98. The molecule has 2 aromatic carbocycles. The molecule has 0 atom stereocenters. The number of hydrogen-bond acceptors (Lipinski definition) is 2. The Balaban J connectivity index is 1.90. The molecule has 0 aliphatic heterocycles. The largest absolute Gasteiger partial charge is 0.344 e. The van der Waals surface area contributed by atoms with E-state index in [0.717, 1.165) is 11.1 Å². The summed E-state index contributed by atoms with van der Waals surface area (Å²) in [6.07, 6.45) is 1.68.